The average molecular weight is 296 g/mol. The standard InChI is InChI=1S/C13H17N5O.ClH/c1-9-3-4-14-7-10(9)13-16-12(17-19-13)11-8-15-5-6-18(11)2;/h3-4,7,11,15H,5-6,8H2,1-2H3;1H. The van der Waals surface area contributed by atoms with E-state index in [9.17, 15) is 0 Å². The van der Waals surface area contributed by atoms with Crippen molar-refractivity contribution in [3.8, 4) is 11.5 Å². The number of aromatic nitrogens is 3. The summed E-state index contributed by atoms with van der Waals surface area (Å²) in [6, 6.07) is 2.11. The van der Waals surface area contributed by atoms with Gasteiger partial charge in [-0.25, -0.2) is 0 Å². The van der Waals surface area contributed by atoms with Crippen LogP contribution in [0.2, 0.25) is 0 Å². The van der Waals surface area contributed by atoms with Crippen molar-refractivity contribution in [3.05, 3.63) is 29.8 Å². The van der Waals surface area contributed by atoms with Gasteiger partial charge >= 0.3 is 0 Å². The lowest BCUT2D eigenvalue weighted by Gasteiger charge is -2.30. The van der Waals surface area contributed by atoms with Crippen molar-refractivity contribution in [2.24, 2.45) is 0 Å². The van der Waals surface area contributed by atoms with Crippen molar-refractivity contribution in [2.45, 2.75) is 13.0 Å². The molecule has 3 heterocycles. The van der Waals surface area contributed by atoms with Crippen LogP contribution in [-0.2, 0) is 0 Å². The summed E-state index contributed by atoms with van der Waals surface area (Å²) in [6.07, 6.45) is 3.52. The van der Waals surface area contributed by atoms with E-state index < -0.39 is 0 Å². The highest BCUT2D eigenvalue weighted by atomic mass is 35.5. The molecule has 0 spiro atoms. The smallest absolute Gasteiger partial charge is 0.259 e. The number of rotatable bonds is 2. The zero-order valence-corrected chi connectivity index (χ0v) is 12.4. The molecule has 1 aliphatic heterocycles. The molecule has 0 radical (unpaired) electrons. The van der Waals surface area contributed by atoms with Gasteiger partial charge in [0.25, 0.3) is 5.89 Å². The minimum Gasteiger partial charge on any atom is -0.334 e. The maximum Gasteiger partial charge on any atom is 0.259 e. The van der Waals surface area contributed by atoms with Crippen LogP contribution in [0.25, 0.3) is 11.5 Å². The van der Waals surface area contributed by atoms with Crippen LogP contribution in [0.15, 0.2) is 23.0 Å². The molecule has 7 heteroatoms. The van der Waals surface area contributed by atoms with Crippen molar-refractivity contribution < 1.29 is 4.52 Å². The molecule has 0 saturated carbocycles. The maximum absolute atomic E-state index is 5.38. The lowest BCUT2D eigenvalue weighted by Crippen LogP contribution is -2.44. The summed E-state index contributed by atoms with van der Waals surface area (Å²) in [4.78, 5) is 10.9. The number of hydrogen-bond donors (Lipinski definition) is 1. The zero-order chi connectivity index (χ0) is 13.2. The second-order valence-electron chi connectivity index (χ2n) is 4.85. The highest BCUT2D eigenvalue weighted by Crippen LogP contribution is 2.24. The Hall–Kier alpha value is -1.50. The minimum absolute atomic E-state index is 0. The number of piperazine rings is 1. The van der Waals surface area contributed by atoms with Gasteiger partial charge in [-0.15, -0.1) is 12.4 Å². The Morgan fingerprint density at radius 2 is 2.30 bits per heavy atom. The molecule has 0 amide bonds. The Morgan fingerprint density at radius 1 is 1.45 bits per heavy atom. The number of hydrogen-bond acceptors (Lipinski definition) is 6. The summed E-state index contributed by atoms with van der Waals surface area (Å²) < 4.78 is 5.38. The van der Waals surface area contributed by atoms with Crippen molar-refractivity contribution in [3.63, 3.8) is 0 Å². The van der Waals surface area contributed by atoms with Crippen molar-refractivity contribution in [1.82, 2.24) is 25.3 Å². The van der Waals surface area contributed by atoms with Crippen LogP contribution in [0.4, 0.5) is 0 Å². The molecule has 6 nitrogen and oxygen atoms in total. The van der Waals surface area contributed by atoms with Gasteiger partial charge < -0.3 is 9.84 Å². The first-order chi connectivity index (χ1) is 9.25. The predicted molar refractivity (Wildman–Crippen MR) is 77.8 cm³/mol. The van der Waals surface area contributed by atoms with Crippen LogP contribution in [0, 0.1) is 6.92 Å². The minimum atomic E-state index is 0. The SMILES string of the molecule is Cc1ccncc1-c1nc(C2CNCCN2C)no1.Cl. The normalized spacial score (nSPS) is 19.6. The first-order valence-corrected chi connectivity index (χ1v) is 6.41. The van der Waals surface area contributed by atoms with Gasteiger partial charge in [0.2, 0.25) is 0 Å². The Morgan fingerprint density at radius 3 is 3.05 bits per heavy atom. The lowest BCUT2D eigenvalue weighted by molar-refractivity contribution is 0.190. The molecule has 1 N–H and O–H groups in total. The molecule has 0 aliphatic carbocycles. The number of nitrogens with zero attached hydrogens (tertiary/aromatic N) is 4. The highest BCUT2D eigenvalue weighted by Gasteiger charge is 2.25. The molecule has 0 aromatic carbocycles. The van der Waals surface area contributed by atoms with Gasteiger partial charge in [0, 0.05) is 32.0 Å². The van der Waals surface area contributed by atoms with E-state index in [1.165, 1.54) is 0 Å². The molecule has 3 rings (SSSR count). The van der Waals surface area contributed by atoms with E-state index in [1.54, 1.807) is 12.4 Å². The van der Waals surface area contributed by atoms with E-state index >= 15 is 0 Å². The summed E-state index contributed by atoms with van der Waals surface area (Å²) in [6.45, 7) is 4.84. The third-order valence-corrected chi connectivity index (χ3v) is 3.52. The molecule has 1 fully saturated rings. The quantitative estimate of drug-likeness (QED) is 0.904. The van der Waals surface area contributed by atoms with Gasteiger partial charge in [-0.1, -0.05) is 5.16 Å². The van der Waals surface area contributed by atoms with E-state index in [-0.39, 0.29) is 18.4 Å². The summed E-state index contributed by atoms with van der Waals surface area (Å²) in [5.74, 6) is 1.27. The van der Waals surface area contributed by atoms with Crippen molar-refractivity contribution in [1.29, 1.82) is 0 Å². The van der Waals surface area contributed by atoms with Gasteiger partial charge in [-0.2, -0.15) is 4.98 Å². The van der Waals surface area contributed by atoms with Crippen molar-refractivity contribution in [2.75, 3.05) is 26.7 Å². The molecule has 20 heavy (non-hydrogen) atoms. The molecule has 108 valence electrons. The van der Waals surface area contributed by atoms with Crippen LogP contribution < -0.4 is 5.32 Å². The first-order valence-electron chi connectivity index (χ1n) is 6.41. The molecule has 1 atom stereocenters. The number of aryl methyl sites for hydroxylation is 1. The van der Waals surface area contributed by atoms with Crippen LogP contribution in [-0.4, -0.2) is 46.7 Å². The fourth-order valence-electron chi connectivity index (χ4n) is 2.26. The molecule has 2 aromatic rings. The number of likely N-dealkylation sites (N-methyl/N-ethyl adjacent to an activating group) is 1. The zero-order valence-electron chi connectivity index (χ0n) is 11.5. The fourth-order valence-corrected chi connectivity index (χ4v) is 2.26. The van der Waals surface area contributed by atoms with E-state index in [2.05, 4.69) is 32.4 Å². The second kappa shape index (κ2) is 6.30. The third-order valence-electron chi connectivity index (χ3n) is 3.52. The summed E-state index contributed by atoms with van der Waals surface area (Å²) in [5, 5.41) is 7.46. The first kappa shape index (κ1) is 14.9. The van der Waals surface area contributed by atoms with E-state index in [1.807, 2.05) is 13.0 Å². The summed E-state index contributed by atoms with van der Waals surface area (Å²) >= 11 is 0. The van der Waals surface area contributed by atoms with E-state index in [0.29, 0.717) is 5.89 Å². The van der Waals surface area contributed by atoms with Gasteiger partial charge in [0.05, 0.1) is 11.6 Å². The largest absolute Gasteiger partial charge is 0.334 e. The third kappa shape index (κ3) is 2.82. The Kier molecular flexibility index (Phi) is 4.69. The molecule has 1 aliphatic rings. The maximum atomic E-state index is 5.38. The summed E-state index contributed by atoms with van der Waals surface area (Å²) in [5.41, 5.74) is 1.98. The highest BCUT2D eigenvalue weighted by molar-refractivity contribution is 5.85. The monoisotopic (exact) mass is 295 g/mol. The Labute approximate surface area is 124 Å². The van der Waals surface area contributed by atoms with Gasteiger partial charge in [-0.3, -0.25) is 9.88 Å². The molecule has 1 unspecified atom stereocenters. The molecular formula is C13H18ClN5O. The van der Waals surface area contributed by atoms with Gasteiger partial charge in [0.15, 0.2) is 5.82 Å². The molecule has 1 saturated heterocycles. The number of pyridine rings is 1. The van der Waals surface area contributed by atoms with E-state index in [4.69, 9.17) is 4.52 Å². The second-order valence-corrected chi connectivity index (χ2v) is 4.85. The molecule has 0 bridgehead atoms. The summed E-state index contributed by atoms with van der Waals surface area (Å²) in [7, 11) is 2.08. The van der Waals surface area contributed by atoms with E-state index in [0.717, 1.165) is 36.6 Å². The van der Waals surface area contributed by atoms with Crippen molar-refractivity contribution >= 4 is 12.4 Å². The Bertz CT molecular complexity index is 573. The number of nitrogens with one attached hydrogen (secondary N) is 1. The topological polar surface area (TPSA) is 67.1 Å². The van der Waals surface area contributed by atoms with Gasteiger partial charge in [0.1, 0.15) is 0 Å². The molecular weight excluding hydrogens is 278 g/mol. The predicted octanol–water partition coefficient (Wildman–Crippen LogP) is 1.44. The number of halogens is 1. The Balaban J connectivity index is 0.00000147. The van der Waals surface area contributed by atoms with Crippen LogP contribution >= 0.6 is 12.4 Å². The van der Waals surface area contributed by atoms with Gasteiger partial charge in [-0.05, 0) is 25.6 Å². The van der Waals surface area contributed by atoms with Crippen LogP contribution in [0.1, 0.15) is 17.4 Å². The average Bonchev–Trinajstić information content (AvgIpc) is 2.89. The lowest BCUT2D eigenvalue weighted by atomic mass is 10.1. The molecule has 2 aromatic heterocycles. The van der Waals surface area contributed by atoms with Crippen LogP contribution in [0.3, 0.4) is 0 Å². The van der Waals surface area contributed by atoms with Crippen LogP contribution in [0.5, 0.6) is 0 Å². The fraction of sp³-hybridized carbons (Fsp3) is 0.462.